The van der Waals surface area contributed by atoms with Crippen molar-refractivity contribution in [2.24, 2.45) is 0 Å². The molecule has 1 aromatic carbocycles. The Balaban J connectivity index is 1.91. The molecule has 2 aliphatic rings. The number of piperazine rings is 1. The number of hydrogen-bond acceptors (Lipinski definition) is 5. The second-order valence-electron chi connectivity index (χ2n) is 7.41. The quantitative estimate of drug-likeness (QED) is 0.717. The first-order valence-corrected chi connectivity index (χ1v) is 12.5. The van der Waals surface area contributed by atoms with E-state index in [2.05, 4.69) is 0 Å². The van der Waals surface area contributed by atoms with E-state index >= 15 is 0 Å². The third kappa shape index (κ3) is 3.90. The highest BCUT2D eigenvalue weighted by molar-refractivity contribution is 7.92. The minimum Gasteiger partial charge on any atom is -0.340 e. The molecule has 0 bridgehead atoms. The van der Waals surface area contributed by atoms with E-state index in [9.17, 15) is 21.6 Å². The van der Waals surface area contributed by atoms with Gasteiger partial charge in [0.15, 0.2) is 0 Å². The molecule has 2 saturated heterocycles. The number of aryl methyl sites for hydroxylation is 2. The number of amides is 1. The molecule has 0 spiro atoms. The summed E-state index contributed by atoms with van der Waals surface area (Å²) in [5.41, 5.74) is 1.70. The van der Waals surface area contributed by atoms with Gasteiger partial charge in [-0.05, 0) is 49.9 Å². The van der Waals surface area contributed by atoms with Gasteiger partial charge in [0, 0.05) is 39.6 Å². The van der Waals surface area contributed by atoms with Crippen LogP contribution in [0.3, 0.4) is 0 Å². The van der Waals surface area contributed by atoms with Crippen LogP contribution in [0.5, 0.6) is 0 Å². The second-order valence-corrected chi connectivity index (χ2v) is 11.3. The molecule has 0 aliphatic carbocycles. The highest BCUT2D eigenvalue weighted by Gasteiger charge is 2.32. The van der Waals surface area contributed by atoms with Crippen LogP contribution in [0.15, 0.2) is 17.0 Å². The molecule has 0 aromatic heterocycles. The summed E-state index contributed by atoms with van der Waals surface area (Å²) in [6.45, 7) is 6.58. The standard InChI is InChI=1S/C18H27N3O5S2/c1-14-13-18(28(25,26)20-9-7-19(8-10-20)16(3)22)15(2)12-17(14)21-6-4-5-11-27(21,23)24/h12-13H,4-11H2,1-3H3. The SMILES string of the molecule is CC(=O)N1CCN(S(=O)(=O)c2cc(C)c(N3CCCCS3(=O)=O)cc2C)CC1. The predicted octanol–water partition coefficient (Wildman–Crippen LogP) is 1.09. The molecule has 0 saturated carbocycles. The first kappa shape index (κ1) is 21.1. The lowest BCUT2D eigenvalue weighted by Crippen LogP contribution is -2.50. The van der Waals surface area contributed by atoms with Gasteiger partial charge in [0.05, 0.1) is 16.3 Å². The fraction of sp³-hybridized carbons (Fsp3) is 0.611. The smallest absolute Gasteiger partial charge is 0.243 e. The molecular formula is C18H27N3O5S2. The molecule has 1 aromatic rings. The van der Waals surface area contributed by atoms with Crippen LogP contribution in [0.25, 0.3) is 0 Å². The van der Waals surface area contributed by atoms with Gasteiger partial charge in [-0.15, -0.1) is 0 Å². The Kier molecular flexibility index (Phi) is 5.75. The fourth-order valence-electron chi connectivity index (χ4n) is 3.76. The maximum Gasteiger partial charge on any atom is 0.243 e. The minimum absolute atomic E-state index is 0.0591. The summed E-state index contributed by atoms with van der Waals surface area (Å²) in [7, 11) is -7.08. The molecule has 3 rings (SSSR count). The number of hydrogen-bond donors (Lipinski definition) is 0. The molecule has 156 valence electrons. The normalized spacial score (nSPS) is 21.0. The zero-order chi connectivity index (χ0) is 20.7. The van der Waals surface area contributed by atoms with Gasteiger partial charge in [-0.2, -0.15) is 4.31 Å². The van der Waals surface area contributed by atoms with Crippen LogP contribution in [0.2, 0.25) is 0 Å². The molecule has 0 atom stereocenters. The molecular weight excluding hydrogens is 402 g/mol. The van der Waals surface area contributed by atoms with E-state index in [-0.39, 0.29) is 29.6 Å². The van der Waals surface area contributed by atoms with Crippen molar-refractivity contribution < 1.29 is 21.6 Å². The summed E-state index contributed by atoms with van der Waals surface area (Å²) >= 11 is 0. The molecule has 0 radical (unpaired) electrons. The predicted molar refractivity (Wildman–Crippen MR) is 107 cm³/mol. The molecule has 0 N–H and O–H groups in total. The largest absolute Gasteiger partial charge is 0.340 e. The lowest BCUT2D eigenvalue weighted by Gasteiger charge is -2.34. The van der Waals surface area contributed by atoms with Crippen LogP contribution in [-0.2, 0) is 24.8 Å². The van der Waals surface area contributed by atoms with E-state index < -0.39 is 20.0 Å². The molecule has 2 heterocycles. The van der Waals surface area contributed by atoms with Crippen molar-refractivity contribution in [2.45, 2.75) is 38.5 Å². The van der Waals surface area contributed by atoms with E-state index in [1.165, 1.54) is 15.5 Å². The molecule has 28 heavy (non-hydrogen) atoms. The Morgan fingerprint density at radius 1 is 0.964 bits per heavy atom. The van der Waals surface area contributed by atoms with Gasteiger partial charge in [-0.3, -0.25) is 9.10 Å². The van der Waals surface area contributed by atoms with Gasteiger partial charge in [0.2, 0.25) is 26.0 Å². The third-order valence-corrected chi connectivity index (χ3v) is 9.31. The van der Waals surface area contributed by atoms with Gasteiger partial charge in [-0.25, -0.2) is 16.8 Å². The zero-order valence-electron chi connectivity index (χ0n) is 16.5. The van der Waals surface area contributed by atoms with Gasteiger partial charge in [-0.1, -0.05) is 0 Å². The lowest BCUT2D eigenvalue weighted by atomic mass is 10.1. The Morgan fingerprint density at radius 2 is 1.61 bits per heavy atom. The number of rotatable bonds is 3. The Morgan fingerprint density at radius 3 is 2.18 bits per heavy atom. The van der Waals surface area contributed by atoms with Crippen molar-refractivity contribution in [1.82, 2.24) is 9.21 Å². The average Bonchev–Trinajstić information content (AvgIpc) is 2.63. The number of benzene rings is 1. The van der Waals surface area contributed by atoms with E-state index in [0.29, 0.717) is 42.9 Å². The Hall–Kier alpha value is -1.65. The highest BCUT2D eigenvalue weighted by Crippen LogP contribution is 2.32. The van der Waals surface area contributed by atoms with Gasteiger partial charge < -0.3 is 4.90 Å². The van der Waals surface area contributed by atoms with Crippen LogP contribution in [0, 0.1) is 13.8 Å². The monoisotopic (exact) mass is 429 g/mol. The van der Waals surface area contributed by atoms with Crippen molar-refractivity contribution >= 4 is 31.6 Å². The summed E-state index contributed by atoms with van der Waals surface area (Å²) in [6.07, 6.45) is 1.44. The molecule has 0 unspecified atom stereocenters. The fourth-order valence-corrected chi connectivity index (χ4v) is 7.17. The number of sulfonamides is 2. The maximum atomic E-state index is 13.1. The Labute approximate surface area is 167 Å². The summed E-state index contributed by atoms with van der Waals surface area (Å²) in [5.74, 6) is 0.0579. The second kappa shape index (κ2) is 7.64. The number of nitrogens with zero attached hydrogens (tertiary/aromatic N) is 3. The van der Waals surface area contributed by atoms with Gasteiger partial charge in [0.1, 0.15) is 0 Å². The average molecular weight is 430 g/mol. The van der Waals surface area contributed by atoms with E-state index in [1.54, 1.807) is 30.9 Å². The number of carbonyl (C=O) groups excluding carboxylic acids is 1. The minimum atomic E-state index is -3.71. The van der Waals surface area contributed by atoms with Crippen molar-refractivity contribution in [3.63, 3.8) is 0 Å². The molecule has 1 amide bonds. The van der Waals surface area contributed by atoms with Crippen molar-refractivity contribution in [3.8, 4) is 0 Å². The molecule has 2 aliphatic heterocycles. The van der Waals surface area contributed by atoms with Crippen molar-refractivity contribution in [3.05, 3.63) is 23.3 Å². The summed E-state index contributed by atoms with van der Waals surface area (Å²) in [4.78, 5) is 13.3. The number of carbonyl (C=O) groups is 1. The number of anilines is 1. The van der Waals surface area contributed by atoms with Crippen LogP contribution in [0.4, 0.5) is 5.69 Å². The van der Waals surface area contributed by atoms with Crippen LogP contribution in [0.1, 0.15) is 30.9 Å². The molecule has 10 heteroatoms. The summed E-state index contributed by atoms with van der Waals surface area (Å²) < 4.78 is 53.9. The summed E-state index contributed by atoms with van der Waals surface area (Å²) in [6, 6.07) is 3.23. The van der Waals surface area contributed by atoms with Gasteiger partial charge in [0.25, 0.3) is 0 Å². The third-order valence-electron chi connectivity index (χ3n) is 5.41. The Bertz CT molecular complexity index is 981. The van der Waals surface area contributed by atoms with Gasteiger partial charge >= 0.3 is 0 Å². The van der Waals surface area contributed by atoms with Crippen LogP contribution in [-0.4, -0.2) is 70.4 Å². The van der Waals surface area contributed by atoms with Crippen molar-refractivity contribution in [1.29, 1.82) is 0 Å². The first-order chi connectivity index (χ1) is 13.0. The lowest BCUT2D eigenvalue weighted by molar-refractivity contribution is -0.129. The highest BCUT2D eigenvalue weighted by atomic mass is 32.2. The molecule has 8 nitrogen and oxygen atoms in total. The zero-order valence-corrected chi connectivity index (χ0v) is 18.1. The first-order valence-electron chi connectivity index (χ1n) is 9.41. The topological polar surface area (TPSA) is 95.1 Å². The van der Waals surface area contributed by atoms with Crippen molar-refractivity contribution in [2.75, 3.05) is 42.8 Å². The van der Waals surface area contributed by atoms with Crippen LogP contribution >= 0.6 is 0 Å². The molecule has 2 fully saturated rings. The van der Waals surface area contributed by atoms with E-state index in [4.69, 9.17) is 0 Å². The maximum absolute atomic E-state index is 13.1. The summed E-state index contributed by atoms with van der Waals surface area (Å²) in [5, 5.41) is 0. The van der Waals surface area contributed by atoms with E-state index in [0.717, 1.165) is 6.42 Å². The van der Waals surface area contributed by atoms with E-state index in [1.807, 2.05) is 0 Å². The van der Waals surface area contributed by atoms with Crippen LogP contribution < -0.4 is 4.31 Å².